The molecule has 1 aliphatic carbocycles. The lowest BCUT2D eigenvalue weighted by molar-refractivity contribution is -0.141. The lowest BCUT2D eigenvalue weighted by Crippen LogP contribution is -2.58. The Morgan fingerprint density at radius 2 is 1.86 bits per heavy atom. The molecule has 1 heterocycles. The number of benzene rings is 1. The second kappa shape index (κ2) is 5.39. The number of amides is 2. The van der Waals surface area contributed by atoms with Crippen LogP contribution in [-0.2, 0) is 9.59 Å². The van der Waals surface area contributed by atoms with Crippen molar-refractivity contribution in [1.29, 1.82) is 0 Å². The molecule has 5 nitrogen and oxygen atoms in total. The minimum absolute atomic E-state index is 0.0135. The summed E-state index contributed by atoms with van der Waals surface area (Å²) < 4.78 is 5.13. The largest absolute Gasteiger partial charge is 0.497 e. The van der Waals surface area contributed by atoms with Crippen LogP contribution in [0.15, 0.2) is 24.3 Å². The van der Waals surface area contributed by atoms with Crippen molar-refractivity contribution in [2.45, 2.75) is 25.8 Å². The molecular formula is C16H20N2O3. The van der Waals surface area contributed by atoms with Crippen molar-refractivity contribution in [1.82, 2.24) is 4.90 Å². The fourth-order valence-corrected chi connectivity index (χ4v) is 2.75. The summed E-state index contributed by atoms with van der Waals surface area (Å²) in [4.78, 5) is 28.2. The van der Waals surface area contributed by atoms with Gasteiger partial charge in [-0.1, -0.05) is 0 Å². The Morgan fingerprint density at radius 1 is 1.19 bits per heavy atom. The minimum atomic E-state index is -0.381. The molecule has 1 saturated heterocycles. The SMILES string of the molecule is COc1ccc(N2CCN(C(=O)C3CC3)[C@@H](C)C2=O)cc1. The number of hydrogen-bond donors (Lipinski definition) is 0. The summed E-state index contributed by atoms with van der Waals surface area (Å²) in [6.45, 7) is 2.97. The number of anilines is 1. The van der Waals surface area contributed by atoms with Gasteiger partial charge in [-0.05, 0) is 44.0 Å². The van der Waals surface area contributed by atoms with Crippen LogP contribution in [0.3, 0.4) is 0 Å². The summed E-state index contributed by atoms with van der Waals surface area (Å²) in [6.07, 6.45) is 1.94. The molecule has 3 rings (SSSR count). The van der Waals surface area contributed by atoms with Crippen LogP contribution in [-0.4, -0.2) is 43.0 Å². The molecule has 0 unspecified atom stereocenters. The van der Waals surface area contributed by atoms with Crippen LogP contribution in [0.5, 0.6) is 5.75 Å². The number of piperazine rings is 1. The van der Waals surface area contributed by atoms with Gasteiger partial charge in [0.25, 0.3) is 0 Å². The Kier molecular flexibility index (Phi) is 3.57. The van der Waals surface area contributed by atoms with Crippen LogP contribution in [0.1, 0.15) is 19.8 Å². The first kappa shape index (κ1) is 13.9. The summed E-state index contributed by atoms with van der Waals surface area (Å²) in [7, 11) is 1.62. The van der Waals surface area contributed by atoms with E-state index in [2.05, 4.69) is 0 Å². The quantitative estimate of drug-likeness (QED) is 0.850. The summed E-state index contributed by atoms with van der Waals surface area (Å²) in [5.74, 6) is 1.06. The number of carbonyl (C=O) groups is 2. The molecule has 2 fully saturated rings. The normalized spacial score (nSPS) is 22.4. The third kappa shape index (κ3) is 2.60. The minimum Gasteiger partial charge on any atom is -0.497 e. The number of nitrogens with zero attached hydrogens (tertiary/aromatic N) is 2. The third-order valence-corrected chi connectivity index (χ3v) is 4.25. The predicted octanol–water partition coefficient (Wildman–Crippen LogP) is 1.67. The maximum Gasteiger partial charge on any atom is 0.249 e. The van der Waals surface area contributed by atoms with Gasteiger partial charge >= 0.3 is 0 Å². The van der Waals surface area contributed by atoms with Crippen LogP contribution in [0.4, 0.5) is 5.69 Å². The van der Waals surface area contributed by atoms with Gasteiger partial charge in [0, 0.05) is 24.7 Å². The van der Waals surface area contributed by atoms with Crippen molar-refractivity contribution < 1.29 is 14.3 Å². The van der Waals surface area contributed by atoms with Crippen LogP contribution in [0.25, 0.3) is 0 Å². The second-order valence-electron chi connectivity index (χ2n) is 5.67. The first-order valence-corrected chi connectivity index (χ1v) is 7.37. The molecule has 1 atom stereocenters. The molecule has 0 spiro atoms. The summed E-state index contributed by atoms with van der Waals surface area (Å²) in [5.41, 5.74) is 0.853. The van der Waals surface area contributed by atoms with E-state index in [0.717, 1.165) is 24.3 Å². The van der Waals surface area contributed by atoms with Gasteiger partial charge in [0.1, 0.15) is 11.8 Å². The van der Waals surface area contributed by atoms with Crippen molar-refractivity contribution in [3.8, 4) is 5.75 Å². The first-order chi connectivity index (χ1) is 10.1. The fraction of sp³-hybridized carbons (Fsp3) is 0.500. The topological polar surface area (TPSA) is 49.9 Å². The molecule has 112 valence electrons. The second-order valence-corrected chi connectivity index (χ2v) is 5.67. The Bertz CT molecular complexity index is 551. The van der Waals surface area contributed by atoms with E-state index in [0.29, 0.717) is 13.1 Å². The lowest BCUT2D eigenvalue weighted by Gasteiger charge is -2.39. The van der Waals surface area contributed by atoms with Crippen molar-refractivity contribution in [2.75, 3.05) is 25.1 Å². The molecule has 0 N–H and O–H groups in total. The molecule has 0 bridgehead atoms. The Labute approximate surface area is 124 Å². The van der Waals surface area contributed by atoms with E-state index in [1.165, 1.54) is 0 Å². The monoisotopic (exact) mass is 288 g/mol. The average Bonchev–Trinajstić information content (AvgIpc) is 3.34. The molecule has 1 aliphatic heterocycles. The highest BCUT2D eigenvalue weighted by molar-refractivity contribution is 6.00. The lowest BCUT2D eigenvalue weighted by atomic mass is 10.1. The van der Waals surface area contributed by atoms with E-state index < -0.39 is 0 Å². The highest BCUT2D eigenvalue weighted by Gasteiger charge is 2.40. The van der Waals surface area contributed by atoms with Gasteiger partial charge in [-0.25, -0.2) is 0 Å². The zero-order chi connectivity index (χ0) is 15.0. The maximum absolute atomic E-state index is 12.5. The molecule has 2 amide bonds. The van der Waals surface area contributed by atoms with Gasteiger partial charge < -0.3 is 14.5 Å². The van der Waals surface area contributed by atoms with Gasteiger partial charge in [-0.15, -0.1) is 0 Å². The van der Waals surface area contributed by atoms with E-state index in [1.54, 1.807) is 16.9 Å². The van der Waals surface area contributed by atoms with Crippen molar-refractivity contribution in [2.24, 2.45) is 5.92 Å². The highest BCUT2D eigenvalue weighted by Crippen LogP contribution is 2.33. The molecule has 1 aromatic carbocycles. The van der Waals surface area contributed by atoms with E-state index >= 15 is 0 Å². The number of ether oxygens (including phenoxy) is 1. The standard InChI is InChI=1S/C16H20N2O3/c1-11-15(19)18(13-5-7-14(21-2)8-6-13)10-9-17(11)16(20)12-3-4-12/h5-8,11-12H,3-4,9-10H2,1-2H3/t11-/m0/s1. The van der Waals surface area contributed by atoms with Crippen molar-refractivity contribution >= 4 is 17.5 Å². The fourth-order valence-electron chi connectivity index (χ4n) is 2.75. The van der Waals surface area contributed by atoms with E-state index in [4.69, 9.17) is 4.74 Å². The molecule has 21 heavy (non-hydrogen) atoms. The van der Waals surface area contributed by atoms with E-state index in [1.807, 2.05) is 31.2 Å². The van der Waals surface area contributed by atoms with Gasteiger partial charge in [0.2, 0.25) is 11.8 Å². The zero-order valence-electron chi connectivity index (χ0n) is 12.4. The maximum atomic E-state index is 12.5. The van der Waals surface area contributed by atoms with Crippen molar-refractivity contribution in [3.63, 3.8) is 0 Å². The number of rotatable bonds is 3. The third-order valence-electron chi connectivity index (χ3n) is 4.25. The Hall–Kier alpha value is -2.04. The Morgan fingerprint density at radius 3 is 2.43 bits per heavy atom. The van der Waals surface area contributed by atoms with E-state index in [-0.39, 0.29) is 23.8 Å². The number of carbonyl (C=O) groups excluding carboxylic acids is 2. The zero-order valence-corrected chi connectivity index (χ0v) is 12.4. The summed E-state index contributed by atoms with van der Waals surface area (Å²) in [6, 6.07) is 7.06. The van der Waals surface area contributed by atoms with Gasteiger partial charge in [0.15, 0.2) is 0 Å². The van der Waals surface area contributed by atoms with E-state index in [9.17, 15) is 9.59 Å². The van der Waals surface area contributed by atoms with Crippen LogP contribution < -0.4 is 9.64 Å². The average molecular weight is 288 g/mol. The molecular weight excluding hydrogens is 268 g/mol. The van der Waals surface area contributed by atoms with Gasteiger partial charge in [-0.3, -0.25) is 9.59 Å². The van der Waals surface area contributed by atoms with Gasteiger partial charge in [-0.2, -0.15) is 0 Å². The number of methoxy groups -OCH3 is 1. The molecule has 2 aliphatic rings. The van der Waals surface area contributed by atoms with Crippen LogP contribution in [0, 0.1) is 5.92 Å². The smallest absolute Gasteiger partial charge is 0.249 e. The molecule has 1 saturated carbocycles. The predicted molar refractivity (Wildman–Crippen MR) is 79.2 cm³/mol. The van der Waals surface area contributed by atoms with Gasteiger partial charge in [0.05, 0.1) is 7.11 Å². The molecule has 5 heteroatoms. The first-order valence-electron chi connectivity index (χ1n) is 7.37. The summed E-state index contributed by atoms with van der Waals surface area (Å²) >= 11 is 0. The van der Waals surface area contributed by atoms with Crippen LogP contribution >= 0.6 is 0 Å². The van der Waals surface area contributed by atoms with Crippen molar-refractivity contribution in [3.05, 3.63) is 24.3 Å². The number of hydrogen-bond acceptors (Lipinski definition) is 3. The molecule has 0 aromatic heterocycles. The summed E-state index contributed by atoms with van der Waals surface area (Å²) in [5, 5.41) is 0. The molecule has 0 radical (unpaired) electrons. The highest BCUT2D eigenvalue weighted by atomic mass is 16.5. The van der Waals surface area contributed by atoms with Crippen LogP contribution in [0.2, 0.25) is 0 Å². The Balaban J connectivity index is 1.74. The molecule has 1 aromatic rings.